The van der Waals surface area contributed by atoms with Gasteiger partial charge >= 0.3 is 0 Å². The highest BCUT2D eigenvalue weighted by atomic mass is 32.1. The lowest BCUT2D eigenvalue weighted by Gasteiger charge is -2.05. The highest BCUT2D eigenvalue weighted by Crippen LogP contribution is 2.18. The van der Waals surface area contributed by atoms with E-state index in [4.69, 9.17) is 12.2 Å². The number of aromatic amines is 1. The van der Waals surface area contributed by atoms with E-state index in [1.165, 1.54) is 5.56 Å². The van der Waals surface area contributed by atoms with E-state index in [9.17, 15) is 0 Å². The Bertz CT molecular complexity index is 801. The lowest BCUT2D eigenvalue weighted by molar-refractivity contribution is 0.773. The number of fused-ring (bicyclic) bond motifs is 1. The van der Waals surface area contributed by atoms with Crippen molar-refractivity contribution in [3.63, 3.8) is 0 Å². The number of benzene rings is 1. The first-order valence-electron chi connectivity index (χ1n) is 6.12. The van der Waals surface area contributed by atoms with E-state index < -0.39 is 0 Å². The first kappa shape index (κ1) is 12.0. The topological polar surface area (TPSA) is 46.5 Å². The van der Waals surface area contributed by atoms with Gasteiger partial charge in [0.25, 0.3) is 0 Å². The van der Waals surface area contributed by atoms with Crippen LogP contribution < -0.4 is 0 Å². The van der Waals surface area contributed by atoms with Crippen LogP contribution in [0.4, 0.5) is 0 Å². The summed E-state index contributed by atoms with van der Waals surface area (Å²) in [5.74, 6) is 0.778. The molecule has 1 aromatic carbocycles. The van der Waals surface area contributed by atoms with Gasteiger partial charge in [-0.05, 0) is 43.8 Å². The van der Waals surface area contributed by atoms with Gasteiger partial charge in [0.15, 0.2) is 4.77 Å². The first-order valence-corrected chi connectivity index (χ1v) is 6.52. The zero-order valence-corrected chi connectivity index (χ0v) is 11.7. The van der Waals surface area contributed by atoms with Crippen LogP contribution in [-0.4, -0.2) is 19.5 Å². The maximum absolute atomic E-state index is 5.41. The SMILES string of the molecule is Cc1nccc(Cn2c(=S)[nH]c3c(C)cccc32)n1. The van der Waals surface area contributed by atoms with Gasteiger partial charge in [0.2, 0.25) is 0 Å². The normalized spacial score (nSPS) is 11.1. The summed E-state index contributed by atoms with van der Waals surface area (Å²) in [4.78, 5) is 11.8. The largest absolute Gasteiger partial charge is 0.330 e. The summed E-state index contributed by atoms with van der Waals surface area (Å²) in [7, 11) is 0. The summed E-state index contributed by atoms with van der Waals surface area (Å²) >= 11 is 5.41. The van der Waals surface area contributed by atoms with Crippen LogP contribution >= 0.6 is 12.2 Å². The Morgan fingerprint density at radius 1 is 1.26 bits per heavy atom. The minimum absolute atomic E-state index is 0.658. The predicted molar refractivity (Wildman–Crippen MR) is 77.7 cm³/mol. The molecule has 0 aliphatic carbocycles. The molecule has 0 unspecified atom stereocenters. The molecule has 3 rings (SSSR count). The first-order chi connectivity index (χ1) is 9.15. The zero-order valence-electron chi connectivity index (χ0n) is 10.8. The van der Waals surface area contributed by atoms with E-state index in [0.717, 1.165) is 27.3 Å². The van der Waals surface area contributed by atoms with Crippen molar-refractivity contribution in [2.24, 2.45) is 0 Å². The summed E-state index contributed by atoms with van der Waals surface area (Å²) in [6, 6.07) is 8.11. The summed E-state index contributed by atoms with van der Waals surface area (Å²) in [6.45, 7) is 4.63. The lowest BCUT2D eigenvalue weighted by Crippen LogP contribution is -2.03. The Hall–Kier alpha value is -2.01. The molecule has 2 aromatic heterocycles. The number of hydrogen-bond donors (Lipinski definition) is 1. The summed E-state index contributed by atoms with van der Waals surface area (Å²) in [5.41, 5.74) is 4.37. The highest BCUT2D eigenvalue weighted by Gasteiger charge is 2.07. The fourth-order valence-corrected chi connectivity index (χ4v) is 2.50. The molecule has 0 atom stereocenters. The van der Waals surface area contributed by atoms with Gasteiger partial charge in [-0.1, -0.05) is 12.1 Å². The Kier molecular flexibility index (Phi) is 2.91. The van der Waals surface area contributed by atoms with E-state index in [1.54, 1.807) is 6.20 Å². The van der Waals surface area contributed by atoms with Gasteiger partial charge in [-0.25, -0.2) is 9.97 Å². The molecule has 96 valence electrons. The lowest BCUT2D eigenvalue weighted by atomic mass is 10.2. The molecule has 0 bridgehead atoms. The number of imidazole rings is 1. The van der Waals surface area contributed by atoms with Crippen LogP contribution in [0.5, 0.6) is 0 Å². The van der Waals surface area contributed by atoms with Crippen LogP contribution in [-0.2, 0) is 6.54 Å². The van der Waals surface area contributed by atoms with Crippen molar-refractivity contribution in [2.45, 2.75) is 20.4 Å². The number of rotatable bonds is 2. The molecule has 0 aliphatic rings. The maximum Gasteiger partial charge on any atom is 0.178 e. The smallest absolute Gasteiger partial charge is 0.178 e. The molecule has 0 saturated heterocycles. The number of H-pyrrole nitrogens is 1. The summed E-state index contributed by atoms with van der Waals surface area (Å²) in [6.07, 6.45) is 1.78. The fraction of sp³-hybridized carbons (Fsp3) is 0.214. The summed E-state index contributed by atoms with van der Waals surface area (Å²) < 4.78 is 2.79. The second-order valence-electron chi connectivity index (χ2n) is 4.58. The van der Waals surface area contributed by atoms with Crippen molar-refractivity contribution < 1.29 is 0 Å². The molecule has 1 N–H and O–H groups in total. The number of para-hydroxylation sites is 1. The second-order valence-corrected chi connectivity index (χ2v) is 4.97. The van der Waals surface area contributed by atoms with Crippen molar-refractivity contribution in [1.29, 1.82) is 0 Å². The Balaban J connectivity index is 2.13. The molecule has 19 heavy (non-hydrogen) atoms. The second kappa shape index (κ2) is 4.59. The Morgan fingerprint density at radius 3 is 2.89 bits per heavy atom. The van der Waals surface area contributed by atoms with Crippen LogP contribution in [0.1, 0.15) is 17.1 Å². The van der Waals surface area contributed by atoms with Gasteiger partial charge in [-0.15, -0.1) is 0 Å². The molecule has 0 fully saturated rings. The van der Waals surface area contributed by atoms with Crippen LogP contribution in [0.15, 0.2) is 30.5 Å². The highest BCUT2D eigenvalue weighted by molar-refractivity contribution is 7.71. The Morgan fingerprint density at radius 2 is 2.11 bits per heavy atom. The Labute approximate surface area is 116 Å². The average Bonchev–Trinajstić information content (AvgIpc) is 2.69. The number of aryl methyl sites for hydroxylation is 2. The van der Waals surface area contributed by atoms with Crippen LogP contribution in [0.25, 0.3) is 11.0 Å². The zero-order chi connectivity index (χ0) is 13.4. The number of nitrogens with zero attached hydrogens (tertiary/aromatic N) is 3. The van der Waals surface area contributed by atoms with E-state index in [1.807, 2.05) is 19.1 Å². The molecule has 0 radical (unpaired) electrons. The third-order valence-corrected chi connectivity index (χ3v) is 3.49. The van der Waals surface area contributed by atoms with Crippen LogP contribution in [0.3, 0.4) is 0 Å². The van der Waals surface area contributed by atoms with Crippen molar-refractivity contribution in [2.75, 3.05) is 0 Å². The van der Waals surface area contributed by atoms with Gasteiger partial charge in [0.05, 0.1) is 23.3 Å². The molecule has 3 aromatic rings. The third kappa shape index (κ3) is 2.17. The monoisotopic (exact) mass is 270 g/mol. The predicted octanol–water partition coefficient (Wildman–Crippen LogP) is 3.15. The van der Waals surface area contributed by atoms with E-state index >= 15 is 0 Å². The van der Waals surface area contributed by atoms with Crippen molar-refractivity contribution in [3.05, 3.63) is 52.3 Å². The van der Waals surface area contributed by atoms with E-state index in [2.05, 4.69) is 38.6 Å². The van der Waals surface area contributed by atoms with Gasteiger partial charge in [-0.3, -0.25) is 0 Å². The molecule has 0 aliphatic heterocycles. The molecular formula is C14H14N4S. The molecule has 4 nitrogen and oxygen atoms in total. The average molecular weight is 270 g/mol. The summed E-state index contributed by atoms with van der Waals surface area (Å²) in [5, 5.41) is 0. The number of aromatic nitrogens is 4. The minimum Gasteiger partial charge on any atom is -0.330 e. The maximum atomic E-state index is 5.41. The van der Waals surface area contributed by atoms with Gasteiger partial charge < -0.3 is 9.55 Å². The van der Waals surface area contributed by atoms with Crippen LogP contribution in [0.2, 0.25) is 0 Å². The van der Waals surface area contributed by atoms with E-state index in [-0.39, 0.29) is 0 Å². The quantitative estimate of drug-likeness (QED) is 0.728. The standard InChI is InChI=1S/C14H14N4S/c1-9-4-3-5-12-13(9)17-14(19)18(12)8-11-6-7-15-10(2)16-11/h3-7H,8H2,1-2H3,(H,17,19). The fourth-order valence-electron chi connectivity index (χ4n) is 2.24. The number of hydrogen-bond acceptors (Lipinski definition) is 3. The molecule has 0 saturated carbocycles. The van der Waals surface area contributed by atoms with Crippen molar-refractivity contribution in [1.82, 2.24) is 19.5 Å². The van der Waals surface area contributed by atoms with Gasteiger partial charge in [0, 0.05) is 6.20 Å². The number of nitrogens with one attached hydrogen (secondary N) is 1. The van der Waals surface area contributed by atoms with Crippen molar-refractivity contribution >= 4 is 23.3 Å². The van der Waals surface area contributed by atoms with Gasteiger partial charge in [0.1, 0.15) is 5.82 Å². The molecular weight excluding hydrogens is 256 g/mol. The van der Waals surface area contributed by atoms with Crippen LogP contribution in [0, 0.1) is 18.6 Å². The van der Waals surface area contributed by atoms with E-state index in [0.29, 0.717) is 6.54 Å². The molecule has 2 heterocycles. The minimum atomic E-state index is 0.658. The van der Waals surface area contributed by atoms with Gasteiger partial charge in [-0.2, -0.15) is 0 Å². The molecule has 5 heteroatoms. The molecule has 0 amide bonds. The van der Waals surface area contributed by atoms with Crippen molar-refractivity contribution in [3.8, 4) is 0 Å². The third-order valence-electron chi connectivity index (χ3n) is 3.17. The molecule has 0 spiro atoms.